The molecule has 0 aromatic heterocycles. The van der Waals surface area contributed by atoms with Crippen molar-refractivity contribution in [1.82, 2.24) is 9.80 Å². The Labute approximate surface area is 299 Å². The highest BCUT2D eigenvalue weighted by Crippen LogP contribution is 2.43. The SMILES string of the molecule is C=C(C(=O)[C@H]1C[C@@H](C(=O)N(c2ccc3c(c2)N(CCCOC)C(=O)C(C)(C)O3)C2CC2)CN(C(=O)OC(C)(C)C)C1)[C@H](CC(C)C)CN(C)C. The fourth-order valence-electron chi connectivity index (χ4n) is 7.09. The van der Waals surface area contributed by atoms with Crippen molar-refractivity contribution in [2.75, 3.05) is 63.8 Å². The van der Waals surface area contributed by atoms with Crippen LogP contribution in [0.4, 0.5) is 16.2 Å². The van der Waals surface area contributed by atoms with Gasteiger partial charge in [0.2, 0.25) is 5.91 Å². The van der Waals surface area contributed by atoms with Gasteiger partial charge in [-0.1, -0.05) is 20.4 Å². The van der Waals surface area contributed by atoms with E-state index >= 15 is 0 Å². The van der Waals surface area contributed by atoms with Gasteiger partial charge in [-0.2, -0.15) is 0 Å². The van der Waals surface area contributed by atoms with Crippen LogP contribution in [0.5, 0.6) is 5.75 Å². The van der Waals surface area contributed by atoms with Crippen LogP contribution in [0.15, 0.2) is 30.4 Å². The lowest BCUT2D eigenvalue weighted by Gasteiger charge is -2.41. The molecule has 4 rings (SSSR count). The Balaban J connectivity index is 1.67. The van der Waals surface area contributed by atoms with Crippen LogP contribution < -0.4 is 14.5 Å². The minimum Gasteiger partial charge on any atom is -0.476 e. The molecule has 1 saturated heterocycles. The second kappa shape index (κ2) is 15.8. The van der Waals surface area contributed by atoms with E-state index in [2.05, 4.69) is 25.3 Å². The summed E-state index contributed by atoms with van der Waals surface area (Å²) in [6.07, 6.45) is 2.90. The van der Waals surface area contributed by atoms with Crippen LogP contribution in [0.2, 0.25) is 0 Å². The number of rotatable bonds is 14. The Morgan fingerprint density at radius 3 is 2.34 bits per heavy atom. The van der Waals surface area contributed by atoms with Crippen LogP contribution in [0.25, 0.3) is 0 Å². The first kappa shape index (κ1) is 39.3. The van der Waals surface area contributed by atoms with Crippen molar-refractivity contribution in [1.29, 1.82) is 0 Å². The number of nitrogens with zero attached hydrogens (tertiary/aromatic N) is 4. The summed E-state index contributed by atoms with van der Waals surface area (Å²) in [6, 6.07) is 5.54. The summed E-state index contributed by atoms with van der Waals surface area (Å²) in [6.45, 7) is 19.4. The number of benzene rings is 1. The molecule has 0 N–H and O–H groups in total. The molecular weight excluding hydrogens is 636 g/mol. The highest BCUT2D eigenvalue weighted by atomic mass is 16.6. The summed E-state index contributed by atoms with van der Waals surface area (Å²) < 4.78 is 17.1. The van der Waals surface area contributed by atoms with Crippen LogP contribution in [0.3, 0.4) is 0 Å². The van der Waals surface area contributed by atoms with E-state index in [4.69, 9.17) is 14.2 Å². The summed E-state index contributed by atoms with van der Waals surface area (Å²) in [5.41, 5.74) is 0.0464. The molecule has 1 saturated carbocycles. The van der Waals surface area contributed by atoms with Crippen LogP contribution >= 0.6 is 0 Å². The zero-order valence-electron chi connectivity index (χ0n) is 32.0. The lowest BCUT2D eigenvalue weighted by Crippen LogP contribution is -2.53. The maximum atomic E-state index is 14.7. The average molecular weight is 697 g/mol. The molecule has 0 bridgehead atoms. The second-order valence-electron chi connectivity index (χ2n) is 16.5. The summed E-state index contributed by atoms with van der Waals surface area (Å²) in [5.74, 6) is -0.727. The average Bonchev–Trinajstić information content (AvgIpc) is 3.86. The van der Waals surface area contributed by atoms with E-state index < -0.39 is 29.1 Å². The number of fused-ring (bicyclic) bond motifs is 1. The van der Waals surface area contributed by atoms with E-state index in [0.29, 0.717) is 61.2 Å². The molecule has 0 spiro atoms. The Hall–Kier alpha value is -3.44. The number of carbonyl (C=O) groups is 4. The highest BCUT2D eigenvalue weighted by molar-refractivity contribution is 6.04. The summed E-state index contributed by atoms with van der Waals surface area (Å²) in [7, 11) is 5.60. The Kier molecular flexibility index (Phi) is 12.5. The second-order valence-corrected chi connectivity index (χ2v) is 16.5. The maximum Gasteiger partial charge on any atom is 0.410 e. The topological polar surface area (TPSA) is 109 Å². The summed E-state index contributed by atoms with van der Waals surface area (Å²) >= 11 is 0. The lowest BCUT2D eigenvalue weighted by atomic mass is 9.79. The first-order chi connectivity index (χ1) is 23.3. The van der Waals surface area contributed by atoms with Gasteiger partial charge in [-0.25, -0.2) is 4.79 Å². The molecular formula is C39H60N4O7. The quantitative estimate of drug-likeness (QED) is 0.174. The van der Waals surface area contributed by atoms with Crippen molar-refractivity contribution in [2.24, 2.45) is 23.7 Å². The molecule has 11 nitrogen and oxygen atoms in total. The third-order valence-electron chi connectivity index (χ3n) is 9.49. The van der Waals surface area contributed by atoms with Crippen molar-refractivity contribution < 1.29 is 33.4 Å². The number of anilines is 2. The van der Waals surface area contributed by atoms with E-state index in [1.54, 1.807) is 46.6 Å². The molecule has 11 heteroatoms. The molecule has 1 aromatic rings. The molecule has 3 amide bonds. The van der Waals surface area contributed by atoms with Gasteiger partial charge in [0.1, 0.15) is 11.4 Å². The number of carbonyl (C=O) groups excluding carboxylic acids is 4. The van der Waals surface area contributed by atoms with Crippen molar-refractivity contribution in [2.45, 2.75) is 97.8 Å². The minimum absolute atomic E-state index is 0.0179. The molecule has 3 atom stereocenters. The normalized spacial score (nSPS) is 21.1. The third-order valence-corrected chi connectivity index (χ3v) is 9.49. The first-order valence-electron chi connectivity index (χ1n) is 18.2. The van der Waals surface area contributed by atoms with E-state index in [1.807, 2.05) is 37.2 Å². The summed E-state index contributed by atoms with van der Waals surface area (Å²) in [5, 5.41) is 0. The zero-order chi connectivity index (χ0) is 37.1. The maximum absolute atomic E-state index is 14.7. The molecule has 1 aromatic carbocycles. The molecule has 2 heterocycles. The van der Waals surface area contributed by atoms with Crippen molar-refractivity contribution in [3.8, 4) is 5.75 Å². The van der Waals surface area contributed by atoms with E-state index in [0.717, 1.165) is 19.3 Å². The Morgan fingerprint density at radius 2 is 1.76 bits per heavy atom. The summed E-state index contributed by atoms with van der Waals surface area (Å²) in [4.78, 5) is 63.1. The zero-order valence-corrected chi connectivity index (χ0v) is 32.0. The molecule has 3 aliphatic rings. The van der Waals surface area contributed by atoms with Crippen molar-refractivity contribution in [3.63, 3.8) is 0 Å². The van der Waals surface area contributed by atoms with Gasteiger partial charge < -0.3 is 33.8 Å². The van der Waals surface area contributed by atoms with Gasteiger partial charge in [0.25, 0.3) is 5.91 Å². The molecule has 0 unspecified atom stereocenters. The number of likely N-dealkylation sites (tertiary alicyclic amines) is 1. The standard InChI is InChI=1S/C39H60N4O7/c1-25(2)19-27(22-40(9)10)26(3)34(44)28-20-29(24-41(23-28)37(47)50-38(4,5)6)35(45)43(30-13-14-30)31-15-16-33-32(21-31)42(17-12-18-48-11)36(46)39(7,8)49-33/h15-16,21,25,27-30H,3,12-14,17-20,22-24H2,1-2,4-11H3/t27-,28+,29-/m1/s1. The van der Waals surface area contributed by atoms with Gasteiger partial charge in [-0.05, 0) is 116 Å². The van der Waals surface area contributed by atoms with Gasteiger partial charge in [0, 0.05) is 57.5 Å². The predicted molar refractivity (Wildman–Crippen MR) is 196 cm³/mol. The van der Waals surface area contributed by atoms with Crippen molar-refractivity contribution >= 4 is 35.1 Å². The number of piperidine rings is 1. The lowest BCUT2D eigenvalue weighted by molar-refractivity contribution is -0.132. The minimum atomic E-state index is -1.03. The van der Waals surface area contributed by atoms with Crippen LogP contribution in [-0.4, -0.2) is 105 Å². The van der Waals surface area contributed by atoms with Gasteiger partial charge in [0.15, 0.2) is 11.4 Å². The molecule has 0 radical (unpaired) electrons. The van der Waals surface area contributed by atoms with E-state index in [9.17, 15) is 19.2 Å². The fraction of sp³-hybridized carbons (Fsp3) is 0.692. The fourth-order valence-corrected chi connectivity index (χ4v) is 7.09. The molecule has 278 valence electrons. The van der Waals surface area contributed by atoms with Crippen LogP contribution in [-0.2, 0) is 23.9 Å². The number of hydrogen-bond donors (Lipinski definition) is 0. The highest BCUT2D eigenvalue weighted by Gasteiger charge is 2.45. The number of amides is 3. The van der Waals surface area contributed by atoms with Gasteiger partial charge in [-0.15, -0.1) is 0 Å². The van der Waals surface area contributed by atoms with Gasteiger partial charge >= 0.3 is 6.09 Å². The molecule has 50 heavy (non-hydrogen) atoms. The Bertz CT molecular complexity index is 1420. The van der Waals surface area contributed by atoms with Crippen molar-refractivity contribution in [3.05, 3.63) is 30.4 Å². The van der Waals surface area contributed by atoms with Crippen LogP contribution in [0, 0.1) is 23.7 Å². The number of Topliss-reactive ketones (excluding diaryl/α,β-unsaturated/α-hetero) is 1. The largest absolute Gasteiger partial charge is 0.476 e. The predicted octanol–water partition coefficient (Wildman–Crippen LogP) is 5.94. The van der Waals surface area contributed by atoms with E-state index in [-0.39, 0.29) is 42.6 Å². The first-order valence-corrected chi connectivity index (χ1v) is 18.2. The smallest absolute Gasteiger partial charge is 0.410 e. The van der Waals surface area contributed by atoms with Gasteiger partial charge in [-0.3, -0.25) is 14.4 Å². The molecule has 2 aliphatic heterocycles. The number of ketones is 1. The number of methoxy groups -OCH3 is 1. The monoisotopic (exact) mass is 696 g/mol. The third kappa shape index (κ3) is 9.66. The van der Waals surface area contributed by atoms with E-state index in [1.165, 1.54) is 4.90 Å². The van der Waals surface area contributed by atoms with Gasteiger partial charge in [0.05, 0.1) is 11.6 Å². The Morgan fingerprint density at radius 1 is 1.10 bits per heavy atom. The van der Waals surface area contributed by atoms with Crippen LogP contribution in [0.1, 0.15) is 80.6 Å². The number of hydrogen-bond acceptors (Lipinski definition) is 8. The number of ether oxygens (including phenoxy) is 3. The molecule has 1 aliphatic carbocycles. The molecule has 2 fully saturated rings.